The number of rotatable bonds is 4. The predicted octanol–water partition coefficient (Wildman–Crippen LogP) is 3.68. The fourth-order valence-electron chi connectivity index (χ4n) is 2.36. The third-order valence-corrected chi connectivity index (χ3v) is 3.43. The van der Waals surface area contributed by atoms with Crippen molar-refractivity contribution >= 4 is 22.3 Å². The maximum absolute atomic E-state index is 13.6. The van der Waals surface area contributed by atoms with Crippen LogP contribution >= 0.6 is 0 Å². The van der Waals surface area contributed by atoms with Crippen molar-refractivity contribution in [3.8, 4) is 0 Å². The molecule has 0 saturated heterocycles. The average Bonchev–Trinajstić information content (AvgIpc) is 2.84. The van der Waals surface area contributed by atoms with E-state index in [1.165, 1.54) is 18.2 Å². The molecule has 21 heavy (non-hydrogen) atoms. The fraction of sp³-hybridized carbons (Fsp3) is 0.125. The highest BCUT2D eigenvalue weighted by atomic mass is 19.1. The Morgan fingerprint density at radius 3 is 2.76 bits per heavy atom. The van der Waals surface area contributed by atoms with Crippen molar-refractivity contribution in [3.05, 3.63) is 59.8 Å². The van der Waals surface area contributed by atoms with E-state index >= 15 is 0 Å². The van der Waals surface area contributed by atoms with E-state index in [-0.39, 0.29) is 11.6 Å². The Hall–Kier alpha value is -2.56. The van der Waals surface area contributed by atoms with E-state index in [2.05, 4.69) is 10.3 Å². The summed E-state index contributed by atoms with van der Waals surface area (Å²) in [7, 11) is 0. The Labute approximate surface area is 120 Å². The van der Waals surface area contributed by atoms with Crippen LogP contribution in [0.25, 0.3) is 10.9 Å². The van der Waals surface area contributed by atoms with Crippen LogP contribution in [0.4, 0.5) is 20.2 Å². The molecule has 0 unspecified atom stereocenters. The van der Waals surface area contributed by atoms with Gasteiger partial charge >= 0.3 is 0 Å². The van der Waals surface area contributed by atoms with E-state index in [1.54, 1.807) is 18.2 Å². The molecule has 0 spiro atoms. The molecule has 0 amide bonds. The van der Waals surface area contributed by atoms with Crippen LogP contribution in [-0.2, 0) is 6.42 Å². The van der Waals surface area contributed by atoms with Crippen LogP contribution in [0, 0.1) is 11.6 Å². The van der Waals surface area contributed by atoms with E-state index in [0.29, 0.717) is 24.3 Å². The third kappa shape index (κ3) is 2.81. The summed E-state index contributed by atoms with van der Waals surface area (Å²) in [5.41, 5.74) is 8.20. The van der Waals surface area contributed by atoms with Gasteiger partial charge < -0.3 is 16.0 Å². The smallest absolute Gasteiger partial charge is 0.148 e. The zero-order chi connectivity index (χ0) is 14.8. The van der Waals surface area contributed by atoms with Crippen molar-refractivity contribution in [2.75, 3.05) is 17.6 Å². The molecule has 0 atom stereocenters. The van der Waals surface area contributed by atoms with E-state index in [9.17, 15) is 8.78 Å². The Bertz CT molecular complexity index is 780. The van der Waals surface area contributed by atoms with Crippen molar-refractivity contribution in [1.82, 2.24) is 4.98 Å². The molecule has 5 heteroatoms. The Kier molecular flexibility index (Phi) is 3.48. The predicted molar refractivity (Wildman–Crippen MR) is 81.3 cm³/mol. The summed E-state index contributed by atoms with van der Waals surface area (Å²) in [6.07, 6.45) is 2.51. The molecule has 0 fully saturated rings. The summed E-state index contributed by atoms with van der Waals surface area (Å²) in [4.78, 5) is 3.10. The number of nitrogens with one attached hydrogen (secondary N) is 2. The van der Waals surface area contributed by atoms with Crippen molar-refractivity contribution < 1.29 is 8.78 Å². The molecule has 0 aliphatic heterocycles. The first-order valence-electron chi connectivity index (χ1n) is 6.68. The summed E-state index contributed by atoms with van der Waals surface area (Å²) in [5, 5.41) is 3.88. The second-order valence-corrected chi connectivity index (χ2v) is 4.92. The molecule has 0 aliphatic carbocycles. The monoisotopic (exact) mass is 287 g/mol. The number of benzene rings is 2. The van der Waals surface area contributed by atoms with E-state index < -0.39 is 0 Å². The van der Waals surface area contributed by atoms with Crippen LogP contribution in [0.3, 0.4) is 0 Å². The van der Waals surface area contributed by atoms with Crippen LogP contribution in [0.2, 0.25) is 0 Å². The first-order chi connectivity index (χ1) is 10.1. The Morgan fingerprint density at radius 1 is 1.10 bits per heavy atom. The molecule has 1 heterocycles. The van der Waals surface area contributed by atoms with Crippen molar-refractivity contribution in [3.63, 3.8) is 0 Å². The molecule has 3 aromatic rings. The van der Waals surface area contributed by atoms with Gasteiger partial charge in [0.2, 0.25) is 0 Å². The van der Waals surface area contributed by atoms with Gasteiger partial charge in [0.05, 0.1) is 5.69 Å². The van der Waals surface area contributed by atoms with Gasteiger partial charge in [-0.3, -0.25) is 0 Å². The third-order valence-electron chi connectivity index (χ3n) is 3.43. The number of hydrogen-bond acceptors (Lipinski definition) is 2. The molecule has 0 saturated carbocycles. The number of halogens is 2. The molecule has 0 aliphatic rings. The first-order valence-corrected chi connectivity index (χ1v) is 6.68. The van der Waals surface area contributed by atoms with Crippen molar-refractivity contribution in [2.24, 2.45) is 0 Å². The van der Waals surface area contributed by atoms with E-state index in [4.69, 9.17) is 5.73 Å². The van der Waals surface area contributed by atoms with Gasteiger partial charge in [-0.1, -0.05) is 0 Å². The van der Waals surface area contributed by atoms with E-state index in [1.807, 2.05) is 6.20 Å². The van der Waals surface area contributed by atoms with Gasteiger partial charge in [-0.2, -0.15) is 0 Å². The van der Waals surface area contributed by atoms with Gasteiger partial charge in [-0.25, -0.2) is 8.78 Å². The fourth-order valence-corrected chi connectivity index (χ4v) is 2.36. The number of nitrogens with two attached hydrogens (primary N) is 1. The molecular weight excluding hydrogens is 272 g/mol. The molecule has 3 rings (SSSR count). The summed E-state index contributed by atoms with van der Waals surface area (Å²) < 4.78 is 26.9. The van der Waals surface area contributed by atoms with Crippen LogP contribution in [0.1, 0.15) is 5.56 Å². The molecule has 1 aromatic heterocycles. The lowest BCUT2D eigenvalue weighted by atomic mass is 10.1. The number of fused-ring (bicyclic) bond motifs is 1. The Morgan fingerprint density at radius 2 is 1.95 bits per heavy atom. The normalized spacial score (nSPS) is 11.0. The summed E-state index contributed by atoms with van der Waals surface area (Å²) >= 11 is 0. The topological polar surface area (TPSA) is 53.8 Å². The first kappa shape index (κ1) is 13.4. The number of nitrogen functional groups attached to an aromatic ring is 1. The molecule has 0 bridgehead atoms. The van der Waals surface area contributed by atoms with E-state index in [0.717, 1.165) is 16.5 Å². The van der Waals surface area contributed by atoms with Gasteiger partial charge in [0.15, 0.2) is 0 Å². The maximum Gasteiger partial charge on any atom is 0.148 e. The lowest BCUT2D eigenvalue weighted by molar-refractivity contribution is 0.629. The standard InChI is InChI=1S/C16H15F2N3/c17-11-1-3-15-13(7-11)10(9-21-15)5-6-20-16-4-2-12(19)8-14(16)18/h1-4,7-9,20-21H,5-6,19H2. The van der Waals surface area contributed by atoms with Crippen LogP contribution in [0.5, 0.6) is 0 Å². The minimum absolute atomic E-state index is 0.263. The zero-order valence-electron chi connectivity index (χ0n) is 11.3. The molecule has 2 aromatic carbocycles. The lowest BCUT2D eigenvalue weighted by Crippen LogP contribution is -2.06. The number of anilines is 2. The highest BCUT2D eigenvalue weighted by Crippen LogP contribution is 2.21. The van der Waals surface area contributed by atoms with Crippen molar-refractivity contribution in [1.29, 1.82) is 0 Å². The van der Waals surface area contributed by atoms with Gasteiger partial charge in [-0.05, 0) is 48.4 Å². The second-order valence-electron chi connectivity index (χ2n) is 4.92. The summed E-state index contributed by atoms with van der Waals surface area (Å²) in [6, 6.07) is 9.17. The molecule has 3 nitrogen and oxygen atoms in total. The molecular formula is C16H15F2N3. The minimum atomic E-state index is -0.375. The number of aromatic amines is 1. The Balaban J connectivity index is 1.70. The van der Waals surface area contributed by atoms with Gasteiger partial charge in [0, 0.05) is 29.3 Å². The average molecular weight is 287 g/mol. The van der Waals surface area contributed by atoms with Crippen LogP contribution < -0.4 is 11.1 Å². The minimum Gasteiger partial charge on any atom is -0.399 e. The highest BCUT2D eigenvalue weighted by Gasteiger charge is 2.06. The zero-order valence-corrected chi connectivity index (χ0v) is 11.3. The molecule has 108 valence electrons. The van der Waals surface area contributed by atoms with Crippen LogP contribution in [-0.4, -0.2) is 11.5 Å². The van der Waals surface area contributed by atoms with Gasteiger partial charge in [-0.15, -0.1) is 0 Å². The quantitative estimate of drug-likeness (QED) is 0.641. The lowest BCUT2D eigenvalue weighted by Gasteiger charge is -2.07. The van der Waals surface area contributed by atoms with Crippen molar-refractivity contribution in [2.45, 2.75) is 6.42 Å². The SMILES string of the molecule is Nc1ccc(NCCc2c[nH]c3ccc(F)cc23)c(F)c1. The number of H-pyrrole nitrogens is 1. The summed E-state index contributed by atoms with van der Waals surface area (Å²) in [6.45, 7) is 0.546. The number of hydrogen-bond donors (Lipinski definition) is 3. The molecule has 0 radical (unpaired) electrons. The van der Waals surface area contributed by atoms with Crippen LogP contribution in [0.15, 0.2) is 42.6 Å². The van der Waals surface area contributed by atoms with Gasteiger partial charge in [0.25, 0.3) is 0 Å². The highest BCUT2D eigenvalue weighted by molar-refractivity contribution is 5.83. The number of aromatic nitrogens is 1. The second kappa shape index (κ2) is 5.44. The summed E-state index contributed by atoms with van der Waals surface area (Å²) in [5.74, 6) is -0.638. The van der Waals surface area contributed by atoms with Gasteiger partial charge in [0.1, 0.15) is 11.6 Å². The molecule has 4 N–H and O–H groups in total. The maximum atomic E-state index is 13.6. The largest absolute Gasteiger partial charge is 0.399 e.